The molecule has 0 aliphatic rings. The predicted molar refractivity (Wildman–Crippen MR) is 111 cm³/mol. The Morgan fingerprint density at radius 3 is 2.46 bits per heavy atom. The standard InChI is InChI=1S/C21H25N3O4/c1-24-16(13-5-6-19(15(23)9-13)28-8-4-7-22)12-18(25)21-17(24)10-14(26-2)11-20(21)27-3/h5-6,9-12H,4,7-8,22-23H2,1-3H3. The third-order valence-corrected chi connectivity index (χ3v) is 4.66. The summed E-state index contributed by atoms with van der Waals surface area (Å²) < 4.78 is 18.3. The summed E-state index contributed by atoms with van der Waals surface area (Å²) in [5.41, 5.74) is 14.3. The minimum atomic E-state index is -0.135. The van der Waals surface area contributed by atoms with Crippen LogP contribution < -0.4 is 31.1 Å². The van der Waals surface area contributed by atoms with Crippen LogP contribution in [-0.2, 0) is 7.05 Å². The molecule has 3 aromatic rings. The van der Waals surface area contributed by atoms with Gasteiger partial charge in [-0.1, -0.05) is 0 Å². The highest BCUT2D eigenvalue weighted by Gasteiger charge is 2.15. The number of nitrogens with zero attached hydrogens (tertiary/aromatic N) is 1. The number of anilines is 1. The number of nitrogen functional groups attached to an aromatic ring is 1. The fourth-order valence-corrected chi connectivity index (χ4v) is 3.17. The maximum Gasteiger partial charge on any atom is 0.193 e. The van der Waals surface area contributed by atoms with Gasteiger partial charge in [0.1, 0.15) is 17.2 Å². The lowest BCUT2D eigenvalue weighted by molar-refractivity contribution is 0.315. The van der Waals surface area contributed by atoms with Crippen LogP contribution in [0.3, 0.4) is 0 Å². The highest BCUT2D eigenvalue weighted by Crippen LogP contribution is 2.33. The van der Waals surface area contributed by atoms with Gasteiger partial charge in [-0.3, -0.25) is 4.79 Å². The van der Waals surface area contributed by atoms with Gasteiger partial charge in [-0.05, 0) is 31.2 Å². The predicted octanol–water partition coefficient (Wildman–Crippen LogP) is 2.53. The third kappa shape index (κ3) is 3.61. The Labute approximate surface area is 163 Å². The molecular formula is C21H25N3O4. The van der Waals surface area contributed by atoms with Crippen LogP contribution in [0.4, 0.5) is 5.69 Å². The molecule has 0 spiro atoms. The summed E-state index contributed by atoms with van der Waals surface area (Å²) in [7, 11) is 5.00. The van der Waals surface area contributed by atoms with Gasteiger partial charge in [0, 0.05) is 30.8 Å². The molecule has 7 nitrogen and oxygen atoms in total. The van der Waals surface area contributed by atoms with Crippen molar-refractivity contribution in [3.63, 3.8) is 0 Å². The number of ether oxygens (including phenoxy) is 3. The highest BCUT2D eigenvalue weighted by molar-refractivity contribution is 5.89. The van der Waals surface area contributed by atoms with Gasteiger partial charge in [0.2, 0.25) is 0 Å². The number of fused-ring (bicyclic) bond motifs is 1. The van der Waals surface area contributed by atoms with Crippen LogP contribution in [0.5, 0.6) is 17.2 Å². The number of hydrogen-bond acceptors (Lipinski definition) is 6. The average molecular weight is 383 g/mol. The summed E-state index contributed by atoms with van der Waals surface area (Å²) in [5.74, 6) is 1.69. The molecule has 0 radical (unpaired) electrons. The van der Waals surface area contributed by atoms with Crippen LogP contribution in [0.1, 0.15) is 6.42 Å². The maximum absolute atomic E-state index is 12.8. The van der Waals surface area contributed by atoms with Crippen LogP contribution in [-0.4, -0.2) is 31.9 Å². The molecule has 0 amide bonds. The zero-order valence-corrected chi connectivity index (χ0v) is 16.3. The third-order valence-electron chi connectivity index (χ3n) is 4.66. The molecule has 148 valence electrons. The molecule has 0 saturated carbocycles. The second-order valence-corrected chi connectivity index (χ2v) is 6.42. The Morgan fingerprint density at radius 2 is 1.82 bits per heavy atom. The van der Waals surface area contributed by atoms with Crippen molar-refractivity contribution in [2.45, 2.75) is 6.42 Å². The molecule has 0 aliphatic heterocycles. The van der Waals surface area contributed by atoms with Gasteiger partial charge in [-0.25, -0.2) is 0 Å². The smallest absolute Gasteiger partial charge is 0.193 e. The number of rotatable bonds is 7. The molecule has 0 unspecified atom stereocenters. The van der Waals surface area contributed by atoms with Gasteiger partial charge in [-0.15, -0.1) is 0 Å². The Morgan fingerprint density at radius 1 is 1.04 bits per heavy atom. The molecule has 4 N–H and O–H groups in total. The van der Waals surface area contributed by atoms with E-state index in [0.29, 0.717) is 47.0 Å². The fourth-order valence-electron chi connectivity index (χ4n) is 3.17. The minimum Gasteiger partial charge on any atom is -0.497 e. The van der Waals surface area contributed by atoms with Crippen LogP contribution in [0.15, 0.2) is 41.2 Å². The molecule has 0 saturated heterocycles. The lowest BCUT2D eigenvalue weighted by atomic mass is 10.1. The Bertz CT molecular complexity index is 1060. The molecule has 0 aliphatic carbocycles. The van der Waals surface area contributed by atoms with Crippen molar-refractivity contribution in [1.29, 1.82) is 0 Å². The van der Waals surface area contributed by atoms with E-state index in [1.165, 1.54) is 7.11 Å². The number of pyridine rings is 1. The molecule has 1 heterocycles. The lowest BCUT2D eigenvalue weighted by Gasteiger charge is -2.16. The largest absolute Gasteiger partial charge is 0.497 e. The number of benzene rings is 2. The van der Waals surface area contributed by atoms with Crippen molar-refractivity contribution >= 4 is 16.6 Å². The second kappa shape index (κ2) is 8.22. The number of hydrogen-bond donors (Lipinski definition) is 2. The first-order valence-corrected chi connectivity index (χ1v) is 8.98. The summed E-state index contributed by atoms with van der Waals surface area (Å²) in [6.07, 6.45) is 0.754. The second-order valence-electron chi connectivity index (χ2n) is 6.42. The quantitative estimate of drug-likeness (QED) is 0.480. The number of aromatic nitrogens is 1. The van der Waals surface area contributed by atoms with E-state index in [9.17, 15) is 4.79 Å². The molecule has 3 rings (SSSR count). The topological polar surface area (TPSA) is 102 Å². The van der Waals surface area contributed by atoms with E-state index in [-0.39, 0.29) is 5.43 Å². The van der Waals surface area contributed by atoms with Gasteiger partial charge in [0.05, 0.1) is 43.1 Å². The zero-order valence-electron chi connectivity index (χ0n) is 16.3. The minimum absolute atomic E-state index is 0.135. The van der Waals surface area contributed by atoms with E-state index in [2.05, 4.69) is 0 Å². The first-order chi connectivity index (χ1) is 13.5. The molecule has 0 fully saturated rings. The SMILES string of the molecule is COc1cc(OC)c2c(=O)cc(-c3ccc(OCCCN)c(N)c3)n(C)c2c1. The maximum atomic E-state index is 12.8. The van der Waals surface area contributed by atoms with Gasteiger partial charge in [-0.2, -0.15) is 0 Å². The number of nitrogens with two attached hydrogens (primary N) is 2. The summed E-state index contributed by atoms with van der Waals surface area (Å²) >= 11 is 0. The molecule has 0 atom stereocenters. The summed E-state index contributed by atoms with van der Waals surface area (Å²) in [6, 6.07) is 10.6. The summed E-state index contributed by atoms with van der Waals surface area (Å²) in [4.78, 5) is 12.8. The van der Waals surface area contributed by atoms with Crippen molar-refractivity contribution in [3.8, 4) is 28.5 Å². The van der Waals surface area contributed by atoms with Crippen LogP contribution in [0.25, 0.3) is 22.2 Å². The monoisotopic (exact) mass is 383 g/mol. The highest BCUT2D eigenvalue weighted by atomic mass is 16.5. The van der Waals surface area contributed by atoms with Crippen molar-refractivity contribution < 1.29 is 14.2 Å². The van der Waals surface area contributed by atoms with Crippen molar-refractivity contribution in [2.24, 2.45) is 12.8 Å². The van der Waals surface area contributed by atoms with Crippen molar-refractivity contribution in [3.05, 3.63) is 46.6 Å². The van der Waals surface area contributed by atoms with Gasteiger partial charge >= 0.3 is 0 Å². The molecule has 2 aromatic carbocycles. The fraction of sp³-hybridized carbons (Fsp3) is 0.286. The van der Waals surface area contributed by atoms with Crippen molar-refractivity contribution in [2.75, 3.05) is 33.1 Å². The van der Waals surface area contributed by atoms with Gasteiger partial charge in [0.15, 0.2) is 5.43 Å². The van der Waals surface area contributed by atoms with Crippen LogP contribution in [0.2, 0.25) is 0 Å². The zero-order chi connectivity index (χ0) is 20.3. The summed E-state index contributed by atoms with van der Waals surface area (Å²) in [6.45, 7) is 1.07. The number of methoxy groups -OCH3 is 2. The first-order valence-electron chi connectivity index (χ1n) is 8.98. The van der Waals surface area contributed by atoms with E-state index >= 15 is 0 Å². The number of aryl methyl sites for hydroxylation is 1. The van der Waals surface area contributed by atoms with Crippen LogP contribution >= 0.6 is 0 Å². The van der Waals surface area contributed by atoms with E-state index in [4.69, 9.17) is 25.7 Å². The summed E-state index contributed by atoms with van der Waals surface area (Å²) in [5, 5.41) is 0.504. The van der Waals surface area contributed by atoms with E-state index < -0.39 is 0 Å². The Hall–Kier alpha value is -3.19. The Balaban J connectivity index is 2.12. The first kappa shape index (κ1) is 19.6. The molecule has 0 bridgehead atoms. The van der Waals surface area contributed by atoms with Gasteiger partial charge < -0.3 is 30.2 Å². The molecule has 1 aromatic heterocycles. The van der Waals surface area contributed by atoms with E-state index in [1.807, 2.05) is 29.8 Å². The molecule has 7 heteroatoms. The lowest BCUT2D eigenvalue weighted by Crippen LogP contribution is -2.11. The van der Waals surface area contributed by atoms with Gasteiger partial charge in [0.25, 0.3) is 0 Å². The van der Waals surface area contributed by atoms with Crippen molar-refractivity contribution in [1.82, 2.24) is 4.57 Å². The average Bonchev–Trinajstić information content (AvgIpc) is 2.71. The molecular weight excluding hydrogens is 358 g/mol. The Kier molecular flexibility index (Phi) is 5.75. The normalized spacial score (nSPS) is 10.9. The van der Waals surface area contributed by atoms with E-state index in [0.717, 1.165) is 17.7 Å². The molecule has 28 heavy (non-hydrogen) atoms. The van der Waals surface area contributed by atoms with E-state index in [1.54, 1.807) is 25.3 Å². The van der Waals surface area contributed by atoms with Crippen LogP contribution in [0, 0.1) is 0 Å².